The lowest BCUT2D eigenvalue weighted by Crippen LogP contribution is -2.53. The second-order valence-corrected chi connectivity index (χ2v) is 7.58. The maximum atomic E-state index is 12.1. The standard InChI is InChI=1S/C19H30N4O2/c1-19(14-24,16-7-8-16)22-18(25)21-13-15-6-9-17(20-12-15)23-10-4-2-3-5-11-23/h6,9,12,16,24H,2-5,7-8,10-11,13-14H2,1H3,(H2,21,22,25)/t19-/m1/s1. The van der Waals surface area contributed by atoms with Gasteiger partial charge in [-0.05, 0) is 50.2 Å². The van der Waals surface area contributed by atoms with Gasteiger partial charge in [0.15, 0.2) is 0 Å². The molecule has 138 valence electrons. The Bertz CT molecular complexity index is 565. The van der Waals surface area contributed by atoms with Crippen LogP contribution in [-0.2, 0) is 6.54 Å². The van der Waals surface area contributed by atoms with Gasteiger partial charge in [0.05, 0.1) is 12.1 Å². The normalized spacial score (nSPS) is 20.5. The Morgan fingerprint density at radius 1 is 1.28 bits per heavy atom. The van der Waals surface area contributed by atoms with Gasteiger partial charge in [-0.3, -0.25) is 0 Å². The Kier molecular flexibility index (Phi) is 5.78. The average Bonchev–Trinajstić information content (AvgIpc) is 3.47. The molecule has 25 heavy (non-hydrogen) atoms. The molecule has 6 nitrogen and oxygen atoms in total. The van der Waals surface area contributed by atoms with E-state index in [9.17, 15) is 9.90 Å². The van der Waals surface area contributed by atoms with Gasteiger partial charge in [0, 0.05) is 25.8 Å². The van der Waals surface area contributed by atoms with Gasteiger partial charge in [-0.2, -0.15) is 0 Å². The summed E-state index contributed by atoms with van der Waals surface area (Å²) in [5.41, 5.74) is 0.463. The highest BCUT2D eigenvalue weighted by Gasteiger charge is 2.42. The number of carbonyl (C=O) groups is 1. The van der Waals surface area contributed by atoms with Crippen molar-refractivity contribution in [3.05, 3.63) is 23.9 Å². The molecule has 0 bridgehead atoms. The van der Waals surface area contributed by atoms with Crippen LogP contribution in [0.15, 0.2) is 18.3 Å². The Morgan fingerprint density at radius 2 is 2.00 bits per heavy atom. The molecule has 0 unspecified atom stereocenters. The second-order valence-electron chi connectivity index (χ2n) is 7.58. The van der Waals surface area contributed by atoms with Crippen LogP contribution in [0.1, 0.15) is 51.0 Å². The summed E-state index contributed by atoms with van der Waals surface area (Å²) in [7, 11) is 0. The van der Waals surface area contributed by atoms with Crippen molar-refractivity contribution < 1.29 is 9.90 Å². The zero-order valence-electron chi connectivity index (χ0n) is 15.1. The van der Waals surface area contributed by atoms with E-state index in [0.29, 0.717) is 12.5 Å². The van der Waals surface area contributed by atoms with Crippen molar-refractivity contribution >= 4 is 11.8 Å². The molecule has 3 N–H and O–H groups in total. The fourth-order valence-corrected chi connectivity index (χ4v) is 3.49. The van der Waals surface area contributed by atoms with Gasteiger partial charge in [0.25, 0.3) is 0 Å². The lowest BCUT2D eigenvalue weighted by atomic mass is 9.97. The number of pyridine rings is 1. The third-order valence-corrected chi connectivity index (χ3v) is 5.40. The Morgan fingerprint density at radius 3 is 2.56 bits per heavy atom. The summed E-state index contributed by atoms with van der Waals surface area (Å²) >= 11 is 0. The molecule has 0 radical (unpaired) electrons. The van der Waals surface area contributed by atoms with Crippen molar-refractivity contribution in [2.75, 3.05) is 24.6 Å². The first kappa shape index (κ1) is 18.0. The topological polar surface area (TPSA) is 77.5 Å². The van der Waals surface area contributed by atoms with Crippen LogP contribution in [0.4, 0.5) is 10.6 Å². The van der Waals surface area contributed by atoms with Crippen molar-refractivity contribution in [3.63, 3.8) is 0 Å². The summed E-state index contributed by atoms with van der Waals surface area (Å²) in [5.74, 6) is 1.41. The van der Waals surface area contributed by atoms with E-state index in [1.807, 2.05) is 25.3 Å². The molecule has 2 amide bonds. The summed E-state index contributed by atoms with van der Waals surface area (Å²) in [5, 5.41) is 15.3. The number of hydrogen-bond acceptors (Lipinski definition) is 4. The number of anilines is 1. The molecule has 1 saturated heterocycles. The van der Waals surface area contributed by atoms with Crippen LogP contribution in [0.3, 0.4) is 0 Å². The summed E-state index contributed by atoms with van der Waals surface area (Å²) in [6.07, 6.45) is 9.05. The van der Waals surface area contributed by atoms with E-state index < -0.39 is 5.54 Å². The molecule has 1 aliphatic carbocycles. The van der Waals surface area contributed by atoms with E-state index in [4.69, 9.17) is 0 Å². The first-order valence-electron chi connectivity index (χ1n) is 9.47. The number of hydrogen-bond donors (Lipinski definition) is 3. The van der Waals surface area contributed by atoms with Crippen LogP contribution < -0.4 is 15.5 Å². The Balaban J connectivity index is 1.48. The SMILES string of the molecule is C[C@](CO)(NC(=O)NCc1ccc(N2CCCCCC2)nc1)C1CC1. The smallest absolute Gasteiger partial charge is 0.315 e. The van der Waals surface area contributed by atoms with Gasteiger partial charge in [0.1, 0.15) is 5.82 Å². The quantitative estimate of drug-likeness (QED) is 0.739. The van der Waals surface area contributed by atoms with E-state index in [2.05, 4.69) is 20.5 Å². The fourth-order valence-electron chi connectivity index (χ4n) is 3.49. The Hall–Kier alpha value is -1.82. The molecule has 1 aromatic rings. The number of urea groups is 1. The number of carbonyl (C=O) groups excluding carboxylic acids is 1. The van der Waals surface area contributed by atoms with Crippen LogP contribution in [-0.4, -0.2) is 41.4 Å². The highest BCUT2D eigenvalue weighted by Crippen LogP contribution is 2.39. The summed E-state index contributed by atoms with van der Waals surface area (Å²) < 4.78 is 0. The first-order chi connectivity index (χ1) is 12.1. The second kappa shape index (κ2) is 8.04. The summed E-state index contributed by atoms with van der Waals surface area (Å²) in [6.45, 7) is 4.46. The molecule has 0 aromatic carbocycles. The molecule has 2 heterocycles. The molecule has 0 spiro atoms. The van der Waals surface area contributed by atoms with Gasteiger partial charge in [-0.1, -0.05) is 18.9 Å². The third kappa shape index (κ3) is 4.84. The van der Waals surface area contributed by atoms with Gasteiger partial charge < -0.3 is 20.6 Å². The molecule has 2 fully saturated rings. The average molecular weight is 346 g/mol. The summed E-state index contributed by atoms with van der Waals surface area (Å²) in [4.78, 5) is 19.0. The number of aromatic nitrogens is 1. The van der Waals surface area contributed by atoms with Gasteiger partial charge >= 0.3 is 6.03 Å². The highest BCUT2D eigenvalue weighted by molar-refractivity contribution is 5.74. The minimum absolute atomic E-state index is 0.0306. The number of amides is 2. The van der Waals surface area contributed by atoms with E-state index in [1.165, 1.54) is 25.7 Å². The molecule has 3 rings (SSSR count). The van der Waals surface area contributed by atoms with Gasteiger partial charge in [0.2, 0.25) is 0 Å². The van der Waals surface area contributed by atoms with E-state index in [0.717, 1.165) is 37.3 Å². The molecule has 1 aromatic heterocycles. The molecule has 1 atom stereocenters. The largest absolute Gasteiger partial charge is 0.394 e. The maximum absolute atomic E-state index is 12.1. The number of aliphatic hydroxyl groups excluding tert-OH is 1. The number of aliphatic hydroxyl groups is 1. The molecule has 6 heteroatoms. The Labute approximate surface area is 150 Å². The van der Waals surface area contributed by atoms with Crippen LogP contribution in [0.5, 0.6) is 0 Å². The number of nitrogens with zero attached hydrogens (tertiary/aromatic N) is 2. The minimum atomic E-state index is -0.515. The van der Waals surface area contributed by atoms with Crippen molar-refractivity contribution in [2.45, 2.75) is 57.5 Å². The van der Waals surface area contributed by atoms with E-state index in [1.54, 1.807) is 0 Å². The molecular formula is C19H30N4O2. The molecule has 1 aliphatic heterocycles. The van der Waals surface area contributed by atoms with Crippen LogP contribution >= 0.6 is 0 Å². The zero-order chi connectivity index (χ0) is 17.7. The van der Waals surface area contributed by atoms with Crippen LogP contribution in [0.25, 0.3) is 0 Å². The number of rotatable bonds is 6. The van der Waals surface area contributed by atoms with E-state index >= 15 is 0 Å². The predicted octanol–water partition coefficient (Wildman–Crippen LogP) is 2.42. The highest BCUT2D eigenvalue weighted by atomic mass is 16.3. The maximum Gasteiger partial charge on any atom is 0.315 e. The minimum Gasteiger partial charge on any atom is -0.394 e. The van der Waals surface area contributed by atoms with Crippen molar-refractivity contribution in [3.8, 4) is 0 Å². The lowest BCUT2D eigenvalue weighted by Gasteiger charge is -2.28. The predicted molar refractivity (Wildman–Crippen MR) is 98.5 cm³/mol. The third-order valence-electron chi connectivity index (χ3n) is 5.40. The van der Waals surface area contributed by atoms with Crippen molar-refractivity contribution in [2.24, 2.45) is 5.92 Å². The number of nitrogens with one attached hydrogen (secondary N) is 2. The van der Waals surface area contributed by atoms with E-state index in [-0.39, 0.29) is 12.6 Å². The molecular weight excluding hydrogens is 316 g/mol. The first-order valence-corrected chi connectivity index (χ1v) is 9.47. The molecule has 1 saturated carbocycles. The van der Waals surface area contributed by atoms with Gasteiger partial charge in [-0.15, -0.1) is 0 Å². The monoisotopic (exact) mass is 346 g/mol. The zero-order valence-corrected chi connectivity index (χ0v) is 15.1. The van der Waals surface area contributed by atoms with Crippen molar-refractivity contribution in [1.82, 2.24) is 15.6 Å². The van der Waals surface area contributed by atoms with Crippen LogP contribution in [0.2, 0.25) is 0 Å². The van der Waals surface area contributed by atoms with Crippen molar-refractivity contribution in [1.29, 1.82) is 0 Å². The fraction of sp³-hybridized carbons (Fsp3) is 0.684. The lowest BCUT2D eigenvalue weighted by molar-refractivity contribution is 0.155. The molecule has 2 aliphatic rings. The summed E-state index contributed by atoms with van der Waals surface area (Å²) in [6, 6.07) is 3.84. The van der Waals surface area contributed by atoms with Crippen LogP contribution in [0, 0.1) is 5.92 Å². The van der Waals surface area contributed by atoms with Gasteiger partial charge in [-0.25, -0.2) is 9.78 Å².